The molecule has 0 unspecified atom stereocenters. The summed E-state index contributed by atoms with van der Waals surface area (Å²) in [6.07, 6.45) is 0. The van der Waals surface area contributed by atoms with E-state index in [1.54, 1.807) is 0 Å². The number of nitrogens with one attached hydrogen (secondary N) is 2. The van der Waals surface area contributed by atoms with Gasteiger partial charge in [-0.05, 0) is 55.3 Å². The first-order valence-electron chi connectivity index (χ1n) is 6.51. The van der Waals surface area contributed by atoms with Crippen molar-refractivity contribution >= 4 is 28.9 Å². The summed E-state index contributed by atoms with van der Waals surface area (Å²) in [6, 6.07) is 9.97. The van der Waals surface area contributed by atoms with E-state index in [1.807, 2.05) is 32.0 Å². The largest absolute Gasteiger partial charge is 0.376 e. The van der Waals surface area contributed by atoms with Crippen LogP contribution in [0.1, 0.15) is 11.1 Å². The smallest absolute Gasteiger partial charge is 0.243 e. The van der Waals surface area contributed by atoms with E-state index in [1.165, 1.54) is 18.2 Å². The van der Waals surface area contributed by atoms with Crippen LogP contribution < -0.4 is 10.6 Å². The van der Waals surface area contributed by atoms with Crippen LogP contribution in [-0.2, 0) is 4.79 Å². The molecule has 0 radical (unpaired) electrons. The standard InChI is InChI=1S/C16H16ClFN2O/c1-10-5-11(2)7-13(6-10)19-9-16(21)20-15-8-12(17)3-4-14(15)18/h3-8,19H,9H2,1-2H3,(H,20,21). The van der Waals surface area contributed by atoms with Gasteiger partial charge in [-0.1, -0.05) is 17.7 Å². The van der Waals surface area contributed by atoms with Crippen LogP contribution in [0.4, 0.5) is 15.8 Å². The minimum atomic E-state index is -0.515. The van der Waals surface area contributed by atoms with Crippen molar-refractivity contribution in [3.63, 3.8) is 0 Å². The molecular weight excluding hydrogens is 291 g/mol. The molecule has 0 heterocycles. The van der Waals surface area contributed by atoms with Crippen molar-refractivity contribution in [3.05, 3.63) is 58.4 Å². The van der Waals surface area contributed by atoms with Crippen LogP contribution in [-0.4, -0.2) is 12.5 Å². The Morgan fingerprint density at radius 3 is 2.48 bits per heavy atom. The third-order valence-corrected chi connectivity index (χ3v) is 3.11. The van der Waals surface area contributed by atoms with Crippen LogP contribution in [0.5, 0.6) is 0 Å². The van der Waals surface area contributed by atoms with Crippen molar-refractivity contribution in [3.8, 4) is 0 Å². The first kappa shape index (κ1) is 15.3. The Balaban J connectivity index is 1.97. The molecular formula is C16H16ClFN2O. The summed E-state index contributed by atoms with van der Waals surface area (Å²) < 4.78 is 13.5. The number of hydrogen-bond donors (Lipinski definition) is 2. The number of halogens is 2. The molecule has 0 bridgehead atoms. The lowest BCUT2D eigenvalue weighted by molar-refractivity contribution is -0.114. The first-order chi connectivity index (χ1) is 9.94. The summed E-state index contributed by atoms with van der Waals surface area (Å²) in [5.74, 6) is -0.852. The second-order valence-electron chi connectivity index (χ2n) is 4.90. The molecule has 0 aliphatic carbocycles. The van der Waals surface area contributed by atoms with Crippen LogP contribution in [0, 0.1) is 19.7 Å². The van der Waals surface area contributed by atoms with Crippen molar-refractivity contribution in [2.45, 2.75) is 13.8 Å². The first-order valence-corrected chi connectivity index (χ1v) is 6.89. The van der Waals surface area contributed by atoms with Gasteiger partial charge >= 0.3 is 0 Å². The second kappa shape index (κ2) is 6.59. The van der Waals surface area contributed by atoms with Crippen molar-refractivity contribution in [2.75, 3.05) is 17.2 Å². The number of hydrogen-bond acceptors (Lipinski definition) is 2. The van der Waals surface area contributed by atoms with E-state index in [4.69, 9.17) is 11.6 Å². The van der Waals surface area contributed by atoms with Gasteiger partial charge in [0.05, 0.1) is 12.2 Å². The van der Waals surface area contributed by atoms with Crippen LogP contribution >= 0.6 is 11.6 Å². The molecule has 2 N–H and O–H groups in total. The molecule has 110 valence electrons. The van der Waals surface area contributed by atoms with Gasteiger partial charge in [0.25, 0.3) is 0 Å². The maximum Gasteiger partial charge on any atom is 0.243 e. The van der Waals surface area contributed by atoms with Gasteiger partial charge in [-0.15, -0.1) is 0 Å². The molecule has 0 aliphatic heterocycles. The Hall–Kier alpha value is -2.07. The number of carbonyl (C=O) groups is 1. The lowest BCUT2D eigenvalue weighted by Gasteiger charge is -2.10. The van der Waals surface area contributed by atoms with E-state index in [0.29, 0.717) is 5.02 Å². The van der Waals surface area contributed by atoms with E-state index < -0.39 is 5.82 Å². The van der Waals surface area contributed by atoms with Gasteiger partial charge in [0.1, 0.15) is 5.82 Å². The van der Waals surface area contributed by atoms with Crippen LogP contribution in [0.3, 0.4) is 0 Å². The maximum absolute atomic E-state index is 13.5. The Morgan fingerprint density at radius 2 is 1.81 bits per heavy atom. The van der Waals surface area contributed by atoms with Crippen molar-refractivity contribution in [1.82, 2.24) is 0 Å². The van der Waals surface area contributed by atoms with E-state index in [9.17, 15) is 9.18 Å². The van der Waals surface area contributed by atoms with Crippen LogP contribution in [0.25, 0.3) is 0 Å². The fraction of sp³-hybridized carbons (Fsp3) is 0.188. The van der Waals surface area contributed by atoms with Gasteiger partial charge < -0.3 is 10.6 Å². The second-order valence-corrected chi connectivity index (χ2v) is 5.34. The molecule has 0 saturated carbocycles. The Kier molecular flexibility index (Phi) is 4.81. The molecule has 1 amide bonds. The van der Waals surface area contributed by atoms with E-state index in [0.717, 1.165) is 16.8 Å². The zero-order chi connectivity index (χ0) is 15.4. The highest BCUT2D eigenvalue weighted by molar-refractivity contribution is 6.30. The summed E-state index contributed by atoms with van der Waals surface area (Å²) >= 11 is 5.77. The number of benzene rings is 2. The van der Waals surface area contributed by atoms with E-state index >= 15 is 0 Å². The van der Waals surface area contributed by atoms with E-state index in [-0.39, 0.29) is 18.1 Å². The number of carbonyl (C=O) groups excluding carboxylic acids is 1. The van der Waals surface area contributed by atoms with Crippen molar-refractivity contribution < 1.29 is 9.18 Å². The third kappa shape index (κ3) is 4.46. The van der Waals surface area contributed by atoms with Gasteiger partial charge in [0.2, 0.25) is 5.91 Å². The van der Waals surface area contributed by atoms with E-state index in [2.05, 4.69) is 10.6 Å². The molecule has 0 aliphatic rings. The van der Waals surface area contributed by atoms with Crippen molar-refractivity contribution in [2.24, 2.45) is 0 Å². The van der Waals surface area contributed by atoms with Crippen molar-refractivity contribution in [1.29, 1.82) is 0 Å². The molecule has 0 saturated heterocycles. The minimum Gasteiger partial charge on any atom is -0.376 e. The van der Waals surface area contributed by atoms with Crippen LogP contribution in [0.15, 0.2) is 36.4 Å². The average molecular weight is 307 g/mol. The monoisotopic (exact) mass is 306 g/mol. The Morgan fingerprint density at radius 1 is 1.14 bits per heavy atom. The Bertz CT molecular complexity index is 653. The van der Waals surface area contributed by atoms with Gasteiger partial charge in [0, 0.05) is 10.7 Å². The molecule has 2 aromatic rings. The lowest BCUT2D eigenvalue weighted by Crippen LogP contribution is -2.22. The van der Waals surface area contributed by atoms with Gasteiger partial charge in [-0.3, -0.25) is 4.79 Å². The predicted molar refractivity (Wildman–Crippen MR) is 84.4 cm³/mol. The van der Waals surface area contributed by atoms with Gasteiger partial charge in [-0.2, -0.15) is 0 Å². The highest BCUT2D eigenvalue weighted by atomic mass is 35.5. The highest BCUT2D eigenvalue weighted by Gasteiger charge is 2.07. The molecule has 0 atom stereocenters. The fourth-order valence-corrected chi connectivity index (χ4v) is 2.22. The summed E-state index contributed by atoms with van der Waals surface area (Å²) in [5, 5.41) is 5.87. The topological polar surface area (TPSA) is 41.1 Å². The zero-order valence-corrected chi connectivity index (χ0v) is 12.6. The minimum absolute atomic E-state index is 0.0504. The molecule has 0 spiro atoms. The van der Waals surface area contributed by atoms with Gasteiger partial charge in [0.15, 0.2) is 0 Å². The highest BCUT2D eigenvalue weighted by Crippen LogP contribution is 2.19. The summed E-state index contributed by atoms with van der Waals surface area (Å²) in [7, 11) is 0. The molecule has 0 aromatic heterocycles. The summed E-state index contributed by atoms with van der Waals surface area (Å²) in [4.78, 5) is 11.8. The maximum atomic E-state index is 13.5. The normalized spacial score (nSPS) is 10.3. The average Bonchev–Trinajstić information content (AvgIpc) is 2.40. The van der Waals surface area contributed by atoms with Gasteiger partial charge in [-0.25, -0.2) is 4.39 Å². The molecule has 2 aromatic carbocycles. The number of amides is 1. The zero-order valence-electron chi connectivity index (χ0n) is 11.8. The predicted octanol–water partition coefficient (Wildman–Crippen LogP) is 4.15. The third-order valence-electron chi connectivity index (χ3n) is 2.88. The molecule has 2 rings (SSSR count). The number of anilines is 2. The number of aryl methyl sites for hydroxylation is 2. The van der Waals surface area contributed by atoms with Crippen LogP contribution in [0.2, 0.25) is 5.02 Å². The Labute approximate surface area is 128 Å². The fourth-order valence-electron chi connectivity index (χ4n) is 2.05. The number of rotatable bonds is 4. The molecule has 3 nitrogen and oxygen atoms in total. The quantitative estimate of drug-likeness (QED) is 0.891. The summed E-state index contributed by atoms with van der Waals surface area (Å²) in [6.45, 7) is 4.02. The SMILES string of the molecule is Cc1cc(C)cc(NCC(=O)Nc2cc(Cl)ccc2F)c1. The molecule has 0 fully saturated rings. The molecule has 5 heteroatoms. The lowest BCUT2D eigenvalue weighted by atomic mass is 10.1. The molecule has 21 heavy (non-hydrogen) atoms. The summed E-state index contributed by atoms with van der Waals surface area (Å²) in [5.41, 5.74) is 3.15.